The summed E-state index contributed by atoms with van der Waals surface area (Å²) < 4.78 is 0. The summed E-state index contributed by atoms with van der Waals surface area (Å²) in [6, 6.07) is 13.1. The molecule has 0 N–H and O–H groups in total. The molecule has 1 aliphatic rings. The highest BCUT2D eigenvalue weighted by molar-refractivity contribution is 8.10. The number of rotatable bonds is 2. The van der Waals surface area contributed by atoms with Gasteiger partial charge in [0.05, 0.1) is 14.8 Å². The van der Waals surface area contributed by atoms with Crippen molar-refractivity contribution in [1.82, 2.24) is 0 Å². The van der Waals surface area contributed by atoms with Crippen LogP contribution in [0, 0.1) is 20.2 Å². The van der Waals surface area contributed by atoms with Crippen LogP contribution in [-0.4, -0.2) is 15.6 Å². The van der Waals surface area contributed by atoms with Gasteiger partial charge >= 0.3 is 0 Å². The van der Waals surface area contributed by atoms with E-state index in [4.69, 9.17) is 23.2 Å². The number of nitro benzene ring substituents is 2. The molecule has 35 heavy (non-hydrogen) atoms. The monoisotopic (exact) mass is 522 g/mol. The highest BCUT2D eigenvalue weighted by atomic mass is 35.5. The van der Waals surface area contributed by atoms with E-state index in [2.05, 4.69) is 0 Å². The van der Waals surface area contributed by atoms with Gasteiger partial charge in [-0.3, -0.25) is 29.8 Å². The maximum absolute atomic E-state index is 13.6. The van der Waals surface area contributed by atoms with Gasteiger partial charge in [0, 0.05) is 49.4 Å². The molecule has 5 aromatic rings. The van der Waals surface area contributed by atoms with Crippen LogP contribution < -0.4 is 10.6 Å². The fraction of sp³-hybridized carbons (Fsp3) is 0. The number of nitro groups is 2. The number of hydrogen-bond donors (Lipinski definition) is 0. The number of ketones is 1. The molecule has 0 aliphatic carbocycles. The number of Topliss-reactive ketones (excluding diaryl/α,β-unsaturated/α-hetero) is 1. The van der Waals surface area contributed by atoms with Gasteiger partial charge in [-0.2, -0.15) is 0 Å². The molecule has 0 fully saturated rings. The lowest BCUT2D eigenvalue weighted by Crippen LogP contribution is -2.23. The summed E-state index contributed by atoms with van der Waals surface area (Å²) in [6.45, 7) is 0. The molecule has 8 nitrogen and oxygen atoms in total. The Morgan fingerprint density at radius 3 is 2.06 bits per heavy atom. The zero-order chi connectivity index (χ0) is 24.8. The maximum atomic E-state index is 13.6. The predicted molar refractivity (Wildman–Crippen MR) is 135 cm³/mol. The minimum atomic E-state index is -0.789. The normalized spacial score (nSPS) is 14.9. The number of nitrogens with zero attached hydrogens (tertiary/aromatic N) is 2. The quantitative estimate of drug-likeness (QED) is 0.209. The van der Waals surface area contributed by atoms with Crippen molar-refractivity contribution in [2.45, 2.75) is 4.90 Å². The topological polar surface area (TPSA) is 120 Å². The second-order valence-electron chi connectivity index (χ2n) is 7.90. The van der Waals surface area contributed by atoms with E-state index >= 15 is 0 Å². The smallest absolute Gasteiger partial charge is 0.289 e. The van der Waals surface area contributed by atoms with Gasteiger partial charge in [-0.05, 0) is 16.8 Å². The van der Waals surface area contributed by atoms with Gasteiger partial charge in [0.15, 0.2) is 5.43 Å². The summed E-state index contributed by atoms with van der Waals surface area (Å²) >= 11 is 13.6. The third-order valence-corrected chi connectivity index (χ3v) is 8.06. The lowest BCUT2D eigenvalue weighted by atomic mass is 10.0. The molecule has 6 rings (SSSR count). The number of fused-ring (bicyclic) bond motifs is 3. The lowest BCUT2D eigenvalue weighted by molar-refractivity contribution is -0.384. The summed E-state index contributed by atoms with van der Waals surface area (Å²) in [5.74, 6) is -0.399. The zero-order valence-electron chi connectivity index (χ0n) is 17.1. The number of halogens is 2. The van der Waals surface area contributed by atoms with Crippen molar-refractivity contribution >= 4 is 89.3 Å². The molecular formula is C24H8Cl2N2O6S. The standard InChI is InChI=1S/C24H8Cl2N2O6S/c25-20-13(27(31)32)7-11-16-12(8-14(28(33)34)21(26)19(16)20)22(29)18(11)24-23(30)17-10-4-2-1-3-9(10)5-6-15(17)35-24/h1-8H/b24-18-. The molecule has 0 bridgehead atoms. The van der Waals surface area contributed by atoms with Crippen molar-refractivity contribution in [3.63, 3.8) is 0 Å². The van der Waals surface area contributed by atoms with E-state index in [1.54, 1.807) is 18.2 Å². The van der Waals surface area contributed by atoms with Crippen LogP contribution in [0.3, 0.4) is 0 Å². The first-order chi connectivity index (χ1) is 16.7. The van der Waals surface area contributed by atoms with E-state index in [-0.39, 0.29) is 31.7 Å². The van der Waals surface area contributed by atoms with Crippen molar-refractivity contribution in [2.24, 2.45) is 0 Å². The molecule has 0 saturated heterocycles. The Hall–Kier alpha value is -3.79. The van der Waals surface area contributed by atoms with Crippen LogP contribution in [0.4, 0.5) is 11.4 Å². The fourth-order valence-electron chi connectivity index (χ4n) is 4.66. The second kappa shape index (κ2) is 7.35. The Labute approximate surface area is 208 Å². The minimum Gasteiger partial charge on any atom is -0.289 e. The molecule has 0 amide bonds. The Morgan fingerprint density at radius 2 is 1.40 bits per heavy atom. The number of benzene rings is 4. The minimum absolute atomic E-state index is 0.0587. The van der Waals surface area contributed by atoms with E-state index < -0.39 is 42.5 Å². The molecule has 0 saturated carbocycles. The third-order valence-electron chi connectivity index (χ3n) is 6.14. The van der Waals surface area contributed by atoms with Crippen molar-refractivity contribution in [3.05, 3.63) is 99.8 Å². The molecular weight excluding hydrogens is 515 g/mol. The van der Waals surface area contributed by atoms with Gasteiger partial charge in [0.1, 0.15) is 10.0 Å². The average molecular weight is 523 g/mol. The number of thioether (sulfide) groups is 1. The predicted octanol–water partition coefficient (Wildman–Crippen LogP) is 5.88. The summed E-state index contributed by atoms with van der Waals surface area (Å²) in [4.78, 5) is 49.8. The van der Waals surface area contributed by atoms with Crippen LogP contribution in [0.1, 0.15) is 10.4 Å². The van der Waals surface area contributed by atoms with Crippen molar-refractivity contribution < 1.29 is 14.6 Å². The SMILES string of the molecule is O=C1/C(=c2/c(=O)c3cc([N+](=O)[O-])c(Cl)c4c(Cl)c([N+](=O)[O-])cc2c43)Sc2ccc3ccccc3c21. The summed E-state index contributed by atoms with van der Waals surface area (Å²) in [7, 11) is 0. The van der Waals surface area contributed by atoms with Crippen LogP contribution in [0.15, 0.2) is 58.2 Å². The van der Waals surface area contributed by atoms with E-state index in [9.17, 15) is 29.8 Å². The van der Waals surface area contributed by atoms with Crippen LogP contribution in [0.25, 0.3) is 37.2 Å². The van der Waals surface area contributed by atoms with Crippen LogP contribution in [-0.2, 0) is 0 Å². The molecule has 0 atom stereocenters. The van der Waals surface area contributed by atoms with Gasteiger partial charge in [-0.25, -0.2) is 0 Å². The highest BCUT2D eigenvalue weighted by Gasteiger charge is 2.33. The van der Waals surface area contributed by atoms with Gasteiger partial charge < -0.3 is 0 Å². The number of carbonyl (C=O) groups excluding carboxylic acids is 1. The van der Waals surface area contributed by atoms with Crippen molar-refractivity contribution in [3.8, 4) is 0 Å². The average Bonchev–Trinajstić information content (AvgIpc) is 3.30. The van der Waals surface area contributed by atoms with Crippen molar-refractivity contribution in [1.29, 1.82) is 0 Å². The van der Waals surface area contributed by atoms with Gasteiger partial charge in [-0.15, -0.1) is 0 Å². The van der Waals surface area contributed by atoms with E-state index in [1.165, 1.54) is 0 Å². The first kappa shape index (κ1) is 21.7. The Balaban J connectivity index is 1.83. The molecule has 170 valence electrons. The van der Waals surface area contributed by atoms with Gasteiger partial charge in [0.25, 0.3) is 11.4 Å². The Kier molecular flexibility index (Phi) is 4.56. The van der Waals surface area contributed by atoms with E-state index in [0.29, 0.717) is 15.8 Å². The summed E-state index contributed by atoms with van der Waals surface area (Å²) in [5, 5.41) is 24.0. The largest absolute Gasteiger partial charge is 0.289 e. The zero-order valence-corrected chi connectivity index (χ0v) is 19.5. The third kappa shape index (κ3) is 2.83. The molecule has 11 heteroatoms. The first-order valence-corrected chi connectivity index (χ1v) is 11.6. The van der Waals surface area contributed by atoms with E-state index in [1.807, 2.05) is 18.2 Å². The van der Waals surface area contributed by atoms with Gasteiger partial charge in [0.2, 0.25) is 5.78 Å². The van der Waals surface area contributed by atoms with Crippen LogP contribution in [0.2, 0.25) is 10.0 Å². The molecule has 0 unspecified atom stereocenters. The molecule has 0 spiro atoms. The van der Waals surface area contributed by atoms with Crippen LogP contribution >= 0.6 is 35.0 Å². The summed E-state index contributed by atoms with van der Waals surface area (Å²) in [5.41, 5.74) is -1.41. The Morgan fingerprint density at radius 1 is 0.771 bits per heavy atom. The maximum Gasteiger partial charge on any atom is 0.289 e. The molecule has 0 aromatic heterocycles. The van der Waals surface area contributed by atoms with Crippen LogP contribution in [0.5, 0.6) is 0 Å². The molecule has 5 aromatic carbocycles. The van der Waals surface area contributed by atoms with Gasteiger partial charge in [-0.1, -0.05) is 65.3 Å². The number of carbonyl (C=O) groups is 1. The molecule has 0 radical (unpaired) electrons. The number of hydrogen-bond acceptors (Lipinski definition) is 7. The molecule has 1 heterocycles. The highest BCUT2D eigenvalue weighted by Crippen LogP contribution is 2.47. The lowest BCUT2D eigenvalue weighted by Gasteiger charge is -2.06. The second-order valence-corrected chi connectivity index (χ2v) is 9.71. The van der Waals surface area contributed by atoms with E-state index in [0.717, 1.165) is 29.3 Å². The molecule has 1 aliphatic heterocycles. The Bertz CT molecular complexity index is 1950. The first-order valence-electron chi connectivity index (χ1n) is 10.0. The fourth-order valence-corrected chi connectivity index (χ4v) is 6.49. The van der Waals surface area contributed by atoms with Crippen molar-refractivity contribution in [2.75, 3.05) is 0 Å². The summed E-state index contributed by atoms with van der Waals surface area (Å²) in [6.07, 6.45) is 0.